The second-order valence-corrected chi connectivity index (χ2v) is 2.60. The fourth-order valence-corrected chi connectivity index (χ4v) is 0.830. The maximum atomic E-state index is 10.5. The molecule has 0 spiro atoms. The van der Waals surface area contributed by atoms with E-state index >= 15 is 0 Å². The van der Waals surface area contributed by atoms with Gasteiger partial charge in [-0.1, -0.05) is 0 Å². The smallest absolute Gasteiger partial charge is 0.357 e. The van der Waals surface area contributed by atoms with E-state index in [9.17, 15) is 9.59 Å². The van der Waals surface area contributed by atoms with E-state index in [2.05, 4.69) is 4.52 Å². The molecule has 1 aromatic rings. The zero-order valence-electron chi connectivity index (χ0n) is 6.84. The summed E-state index contributed by atoms with van der Waals surface area (Å²) >= 11 is 0. The number of carboxylic acids is 1. The third-order valence-corrected chi connectivity index (χ3v) is 1.56. The van der Waals surface area contributed by atoms with Crippen LogP contribution in [0, 0.1) is 0 Å². The summed E-state index contributed by atoms with van der Waals surface area (Å²) in [5, 5.41) is 8.44. The molecule has 6 heteroatoms. The van der Waals surface area contributed by atoms with Gasteiger partial charge in [0.2, 0.25) is 0 Å². The molecule has 1 aromatic heterocycles. The molecule has 1 rings (SSSR count). The highest BCUT2D eigenvalue weighted by Crippen LogP contribution is 1.93. The molecule has 72 valence electrons. The Balaban J connectivity index is 2.43. The molecule has 0 fully saturated rings. The van der Waals surface area contributed by atoms with Gasteiger partial charge in [0.15, 0.2) is 0 Å². The maximum absolute atomic E-state index is 10.5. The molecule has 0 aliphatic heterocycles. The fourth-order valence-electron chi connectivity index (χ4n) is 0.830. The van der Waals surface area contributed by atoms with Crippen molar-refractivity contribution in [1.82, 2.24) is 4.74 Å². The van der Waals surface area contributed by atoms with Crippen LogP contribution in [0.2, 0.25) is 0 Å². The van der Waals surface area contributed by atoms with Crippen molar-refractivity contribution in [1.29, 1.82) is 0 Å². The van der Waals surface area contributed by atoms with Crippen molar-refractivity contribution in [2.75, 3.05) is 0 Å². The summed E-state index contributed by atoms with van der Waals surface area (Å²) < 4.78 is 5.88. The molecule has 0 radical (unpaired) electrons. The molecule has 3 N–H and O–H groups in total. The monoisotopic (exact) mass is 186 g/mol. The summed E-state index contributed by atoms with van der Waals surface area (Å²) in [5.41, 5.74) is 4.78. The van der Waals surface area contributed by atoms with Crippen LogP contribution in [0.5, 0.6) is 0 Å². The Bertz CT molecular complexity index is 340. The minimum atomic E-state index is -1.06. The first-order chi connectivity index (χ1) is 6.09. The summed E-state index contributed by atoms with van der Waals surface area (Å²) in [6.45, 7) is 0.287. The van der Waals surface area contributed by atoms with Crippen molar-refractivity contribution in [2.24, 2.45) is 5.73 Å². The van der Waals surface area contributed by atoms with Gasteiger partial charge in [0, 0.05) is 12.3 Å². The third-order valence-electron chi connectivity index (χ3n) is 1.56. The molecule has 0 saturated carbocycles. The Morgan fingerprint density at radius 3 is 2.92 bits per heavy atom. The lowest BCUT2D eigenvalue weighted by Crippen LogP contribution is -2.31. The Labute approximate surface area is 73.5 Å². The third kappa shape index (κ3) is 2.75. The van der Waals surface area contributed by atoms with Gasteiger partial charge in [0.25, 0.3) is 0 Å². The van der Waals surface area contributed by atoms with E-state index in [0.29, 0.717) is 0 Å². The van der Waals surface area contributed by atoms with E-state index in [-0.39, 0.29) is 13.0 Å². The topological polar surface area (TPSA) is 98.5 Å². The number of aliphatic carboxylic acids is 1. The molecular formula is C7H10N2O4. The quantitative estimate of drug-likeness (QED) is 0.644. The summed E-state index contributed by atoms with van der Waals surface area (Å²) in [7, 11) is 0. The van der Waals surface area contributed by atoms with E-state index in [1.54, 1.807) is 0 Å². The van der Waals surface area contributed by atoms with Gasteiger partial charge >= 0.3 is 11.6 Å². The molecule has 1 unspecified atom stereocenters. The molecule has 0 saturated heterocycles. The number of rotatable bonds is 4. The zero-order valence-corrected chi connectivity index (χ0v) is 6.84. The van der Waals surface area contributed by atoms with Crippen LogP contribution in [-0.4, -0.2) is 21.9 Å². The lowest BCUT2D eigenvalue weighted by molar-refractivity contribution is -0.138. The second kappa shape index (κ2) is 3.90. The first-order valence-electron chi connectivity index (χ1n) is 3.75. The predicted molar refractivity (Wildman–Crippen MR) is 43.2 cm³/mol. The minimum absolute atomic E-state index is 0.229. The van der Waals surface area contributed by atoms with Gasteiger partial charge in [-0.3, -0.25) is 4.79 Å². The van der Waals surface area contributed by atoms with Gasteiger partial charge in [-0.2, -0.15) is 0 Å². The van der Waals surface area contributed by atoms with Crippen molar-refractivity contribution in [2.45, 2.75) is 19.0 Å². The number of hydrogen-bond acceptors (Lipinski definition) is 4. The van der Waals surface area contributed by atoms with Crippen LogP contribution in [0.1, 0.15) is 6.42 Å². The number of nitrogens with zero attached hydrogens (tertiary/aromatic N) is 1. The van der Waals surface area contributed by atoms with Gasteiger partial charge < -0.3 is 15.4 Å². The highest BCUT2D eigenvalue weighted by atomic mass is 16.5. The van der Waals surface area contributed by atoms with Crippen LogP contribution < -0.4 is 11.4 Å². The molecule has 6 nitrogen and oxygen atoms in total. The Hall–Kier alpha value is -1.56. The van der Waals surface area contributed by atoms with Crippen molar-refractivity contribution in [3.05, 3.63) is 22.7 Å². The maximum Gasteiger partial charge on any atom is 0.357 e. The normalized spacial score (nSPS) is 12.7. The first-order valence-corrected chi connectivity index (χ1v) is 3.75. The van der Waals surface area contributed by atoms with Crippen LogP contribution >= 0.6 is 0 Å². The summed E-state index contributed by atoms with van der Waals surface area (Å²) in [5.74, 6) is -1.06. The van der Waals surface area contributed by atoms with Crippen LogP contribution in [0.3, 0.4) is 0 Å². The van der Waals surface area contributed by atoms with Gasteiger partial charge in [0.05, 0.1) is 6.54 Å². The molecule has 1 heterocycles. The van der Waals surface area contributed by atoms with Crippen LogP contribution in [0.25, 0.3) is 0 Å². The highest BCUT2D eigenvalue weighted by Gasteiger charge is 2.11. The summed E-state index contributed by atoms with van der Waals surface area (Å²) in [6, 6.07) is 0.333. The molecule has 1 atom stereocenters. The van der Waals surface area contributed by atoms with Crippen molar-refractivity contribution in [3.63, 3.8) is 0 Å². The van der Waals surface area contributed by atoms with E-state index < -0.39 is 17.6 Å². The standard InChI is InChI=1S/C7H10N2O4/c8-5(7(11)12)1-3-9-4-2-6(10)13-9/h2,4-5H,1,3,8H2,(H,11,12). The van der Waals surface area contributed by atoms with E-state index in [1.165, 1.54) is 17.0 Å². The Kier molecular flexibility index (Phi) is 2.86. The van der Waals surface area contributed by atoms with Gasteiger partial charge in [-0.15, -0.1) is 0 Å². The predicted octanol–water partition coefficient (Wildman–Crippen LogP) is -0.757. The van der Waals surface area contributed by atoms with Crippen molar-refractivity contribution < 1.29 is 14.4 Å². The number of aryl methyl sites for hydroxylation is 1. The molecule has 0 amide bonds. The zero-order chi connectivity index (χ0) is 9.84. The fraction of sp³-hybridized carbons (Fsp3) is 0.429. The SMILES string of the molecule is NC(CCn1ccc(=O)o1)C(=O)O. The number of hydrogen-bond donors (Lipinski definition) is 2. The summed E-state index contributed by atoms with van der Waals surface area (Å²) in [4.78, 5) is 20.8. The molecule has 13 heavy (non-hydrogen) atoms. The number of carboxylic acid groups (broad SMARTS) is 1. The van der Waals surface area contributed by atoms with E-state index in [4.69, 9.17) is 10.8 Å². The highest BCUT2D eigenvalue weighted by molar-refractivity contribution is 5.72. The van der Waals surface area contributed by atoms with Crippen LogP contribution in [0.4, 0.5) is 0 Å². The average molecular weight is 186 g/mol. The summed E-state index contributed by atoms with van der Waals surface area (Å²) in [6.07, 6.45) is 1.67. The lowest BCUT2D eigenvalue weighted by Gasteiger charge is -2.04. The Morgan fingerprint density at radius 2 is 2.46 bits per heavy atom. The first kappa shape index (κ1) is 9.53. The molecule has 0 aliphatic rings. The average Bonchev–Trinajstić information content (AvgIpc) is 2.47. The molecule has 0 aromatic carbocycles. The van der Waals surface area contributed by atoms with Crippen molar-refractivity contribution in [3.8, 4) is 0 Å². The molecule has 0 bridgehead atoms. The number of carbonyl (C=O) groups is 1. The van der Waals surface area contributed by atoms with Gasteiger partial charge in [-0.05, 0) is 6.42 Å². The van der Waals surface area contributed by atoms with Gasteiger partial charge in [0.1, 0.15) is 6.04 Å². The van der Waals surface area contributed by atoms with E-state index in [0.717, 1.165) is 0 Å². The largest absolute Gasteiger partial charge is 0.480 e. The molecule has 0 aliphatic carbocycles. The van der Waals surface area contributed by atoms with Crippen molar-refractivity contribution >= 4 is 5.97 Å². The van der Waals surface area contributed by atoms with Crippen LogP contribution in [0.15, 0.2) is 21.6 Å². The van der Waals surface area contributed by atoms with Crippen LogP contribution in [-0.2, 0) is 11.3 Å². The minimum Gasteiger partial charge on any atom is -0.480 e. The number of nitrogens with two attached hydrogens (primary N) is 1. The lowest BCUT2D eigenvalue weighted by atomic mass is 10.2. The molecular weight excluding hydrogens is 176 g/mol. The van der Waals surface area contributed by atoms with E-state index in [1.807, 2.05) is 0 Å². The Morgan fingerprint density at radius 1 is 1.77 bits per heavy atom. The number of aromatic nitrogens is 1. The second-order valence-electron chi connectivity index (χ2n) is 2.60. The van der Waals surface area contributed by atoms with Gasteiger partial charge in [-0.25, -0.2) is 9.53 Å².